The quantitative estimate of drug-likeness (QED) is 0.556. The third kappa shape index (κ3) is 5.49. The average molecular weight is 310 g/mol. The van der Waals surface area contributed by atoms with Crippen LogP contribution in [0.2, 0.25) is 0 Å². The van der Waals surface area contributed by atoms with Gasteiger partial charge in [0, 0.05) is 6.07 Å². The van der Waals surface area contributed by atoms with Crippen LogP contribution < -0.4 is 10.2 Å². The van der Waals surface area contributed by atoms with Gasteiger partial charge < -0.3 is 9.64 Å². The molecule has 0 bridgehead atoms. The fraction of sp³-hybridized carbons (Fsp3) is 0.429. The van der Waals surface area contributed by atoms with Gasteiger partial charge in [-0.15, -0.1) is 0 Å². The summed E-state index contributed by atoms with van der Waals surface area (Å²) in [7, 11) is 0. The number of likely N-dealkylation sites (N-methyl/N-ethyl adjacent to an activating group) is 1. The fourth-order valence-corrected chi connectivity index (χ4v) is 1.97. The van der Waals surface area contributed by atoms with Crippen molar-refractivity contribution in [1.82, 2.24) is 5.32 Å². The number of nitro groups is 1. The molecule has 2 amide bonds. The zero-order valence-electron chi connectivity index (χ0n) is 12.6. The van der Waals surface area contributed by atoms with E-state index in [9.17, 15) is 19.7 Å². The van der Waals surface area contributed by atoms with Gasteiger partial charge in [0.05, 0.1) is 23.6 Å². The Kier molecular flexibility index (Phi) is 6.97. The Bertz CT molecular complexity index is 547. The van der Waals surface area contributed by atoms with Crippen LogP contribution in [0.4, 0.5) is 10.5 Å². The number of nitrogens with one attached hydrogen (secondary N) is 2. The molecular weight excluding hydrogens is 290 g/mol. The molecule has 0 saturated heterocycles. The Morgan fingerprint density at radius 1 is 1.32 bits per heavy atom. The molecule has 0 aliphatic rings. The molecule has 22 heavy (non-hydrogen) atoms. The second-order valence-electron chi connectivity index (χ2n) is 4.61. The number of ether oxygens (including phenoxy) is 1. The fourth-order valence-electron chi connectivity index (χ4n) is 1.97. The number of carbonyl (C=O) groups excluding carboxylic acids is 2. The van der Waals surface area contributed by atoms with E-state index in [1.165, 1.54) is 6.07 Å². The Labute approximate surface area is 128 Å². The first-order valence-corrected chi connectivity index (χ1v) is 7.00. The Hall–Kier alpha value is -2.48. The highest BCUT2D eigenvalue weighted by Crippen LogP contribution is 2.16. The largest absolute Gasteiger partial charge is 0.450 e. The first-order valence-electron chi connectivity index (χ1n) is 7.00. The van der Waals surface area contributed by atoms with Gasteiger partial charge in [-0.25, -0.2) is 4.79 Å². The lowest BCUT2D eigenvalue weighted by molar-refractivity contribution is -0.904. The number of imide groups is 1. The van der Waals surface area contributed by atoms with E-state index in [1.807, 2.05) is 6.92 Å². The molecule has 1 aromatic carbocycles. The van der Waals surface area contributed by atoms with Gasteiger partial charge in [-0.2, -0.15) is 0 Å². The van der Waals surface area contributed by atoms with Gasteiger partial charge in [0.15, 0.2) is 6.54 Å². The third-order valence-corrected chi connectivity index (χ3v) is 3.06. The van der Waals surface area contributed by atoms with Crippen molar-refractivity contribution in [2.75, 3.05) is 19.7 Å². The number of hydrogen-bond acceptors (Lipinski definition) is 5. The number of benzene rings is 1. The summed E-state index contributed by atoms with van der Waals surface area (Å²) in [6.45, 7) is 4.62. The smallest absolute Gasteiger partial charge is 0.414 e. The van der Waals surface area contributed by atoms with Crippen molar-refractivity contribution < 1.29 is 24.1 Å². The van der Waals surface area contributed by atoms with E-state index in [4.69, 9.17) is 0 Å². The predicted molar refractivity (Wildman–Crippen MR) is 78.3 cm³/mol. The first-order chi connectivity index (χ1) is 10.5. The van der Waals surface area contributed by atoms with Crippen LogP contribution in [0.5, 0.6) is 0 Å². The summed E-state index contributed by atoms with van der Waals surface area (Å²) in [6, 6.07) is 6.41. The summed E-state index contributed by atoms with van der Waals surface area (Å²) in [5.74, 6) is -0.478. The molecule has 0 radical (unpaired) electrons. The summed E-state index contributed by atoms with van der Waals surface area (Å²) in [4.78, 5) is 34.3. The van der Waals surface area contributed by atoms with E-state index >= 15 is 0 Å². The number of alkyl carbamates (subject to hydrolysis) is 1. The molecule has 1 aromatic rings. The molecule has 120 valence electrons. The predicted octanol–water partition coefficient (Wildman–Crippen LogP) is 0.272. The van der Waals surface area contributed by atoms with Gasteiger partial charge in [-0.3, -0.25) is 20.2 Å². The SMILES string of the molecule is CCOC(=O)NC(=O)C[NH+](CC)Cc1ccccc1[N+](=O)[O-]. The van der Waals surface area contributed by atoms with E-state index < -0.39 is 16.9 Å². The van der Waals surface area contributed by atoms with Crippen LogP contribution in [0.15, 0.2) is 24.3 Å². The molecular formula is C14H20N3O5+. The highest BCUT2D eigenvalue weighted by Gasteiger charge is 2.20. The Balaban J connectivity index is 2.68. The van der Waals surface area contributed by atoms with E-state index in [0.717, 1.165) is 4.90 Å². The van der Waals surface area contributed by atoms with Crippen LogP contribution in [-0.2, 0) is 16.1 Å². The van der Waals surface area contributed by atoms with E-state index in [0.29, 0.717) is 18.7 Å². The minimum atomic E-state index is -0.784. The maximum atomic E-state index is 11.7. The lowest BCUT2D eigenvalue weighted by Crippen LogP contribution is -3.11. The van der Waals surface area contributed by atoms with Crippen molar-refractivity contribution in [3.8, 4) is 0 Å². The van der Waals surface area contributed by atoms with Crippen molar-refractivity contribution in [2.45, 2.75) is 20.4 Å². The minimum absolute atomic E-state index is 0.0271. The zero-order valence-corrected chi connectivity index (χ0v) is 12.6. The summed E-state index contributed by atoms with van der Waals surface area (Å²) in [5.41, 5.74) is 0.576. The summed E-state index contributed by atoms with van der Waals surface area (Å²) in [6.07, 6.45) is -0.784. The summed E-state index contributed by atoms with van der Waals surface area (Å²) in [5, 5.41) is 13.1. The number of nitrogens with zero attached hydrogens (tertiary/aromatic N) is 1. The van der Waals surface area contributed by atoms with Crippen molar-refractivity contribution in [2.24, 2.45) is 0 Å². The molecule has 0 aromatic heterocycles. The highest BCUT2D eigenvalue weighted by molar-refractivity contribution is 5.92. The molecule has 0 aliphatic heterocycles. The molecule has 0 spiro atoms. The molecule has 2 N–H and O–H groups in total. The maximum absolute atomic E-state index is 11.7. The van der Waals surface area contributed by atoms with Crippen molar-refractivity contribution >= 4 is 17.7 Å². The van der Waals surface area contributed by atoms with Gasteiger partial charge in [0.1, 0.15) is 6.54 Å². The molecule has 8 heteroatoms. The van der Waals surface area contributed by atoms with Gasteiger partial charge in [0.25, 0.3) is 11.6 Å². The molecule has 0 saturated carbocycles. The van der Waals surface area contributed by atoms with Gasteiger partial charge in [0.2, 0.25) is 0 Å². The molecule has 1 rings (SSSR count). The number of hydrogen-bond donors (Lipinski definition) is 2. The van der Waals surface area contributed by atoms with Crippen LogP contribution >= 0.6 is 0 Å². The molecule has 0 fully saturated rings. The van der Waals surface area contributed by atoms with Crippen molar-refractivity contribution in [3.63, 3.8) is 0 Å². The number of carbonyl (C=O) groups is 2. The summed E-state index contributed by atoms with van der Waals surface area (Å²) < 4.78 is 4.63. The second-order valence-corrected chi connectivity index (χ2v) is 4.61. The van der Waals surface area contributed by atoms with Gasteiger partial charge in [-0.05, 0) is 19.9 Å². The second kappa shape index (κ2) is 8.73. The maximum Gasteiger partial charge on any atom is 0.414 e. The number of nitro benzene ring substituents is 1. The Morgan fingerprint density at radius 2 is 2.00 bits per heavy atom. The van der Waals surface area contributed by atoms with E-state index in [2.05, 4.69) is 10.1 Å². The topological polar surface area (TPSA) is 103 Å². The number of para-hydroxylation sites is 1. The lowest BCUT2D eigenvalue weighted by Gasteiger charge is -2.16. The summed E-state index contributed by atoms with van der Waals surface area (Å²) >= 11 is 0. The molecule has 8 nitrogen and oxygen atoms in total. The molecule has 1 unspecified atom stereocenters. The highest BCUT2D eigenvalue weighted by atomic mass is 16.6. The van der Waals surface area contributed by atoms with E-state index in [-0.39, 0.29) is 18.8 Å². The van der Waals surface area contributed by atoms with Crippen LogP contribution in [0, 0.1) is 10.1 Å². The standard InChI is InChI=1S/C14H19N3O5/c1-3-16(10-13(18)15-14(19)22-4-2)9-11-7-5-6-8-12(11)17(20)21/h5-8H,3-4,9-10H2,1-2H3,(H,15,18,19)/p+1. The minimum Gasteiger partial charge on any atom is -0.450 e. The zero-order chi connectivity index (χ0) is 16.5. The molecule has 0 aliphatic carbocycles. The van der Waals surface area contributed by atoms with Crippen LogP contribution in [0.3, 0.4) is 0 Å². The van der Waals surface area contributed by atoms with Crippen molar-refractivity contribution in [1.29, 1.82) is 0 Å². The Morgan fingerprint density at radius 3 is 2.59 bits per heavy atom. The van der Waals surface area contributed by atoms with Gasteiger partial charge >= 0.3 is 6.09 Å². The average Bonchev–Trinajstić information content (AvgIpc) is 2.46. The third-order valence-electron chi connectivity index (χ3n) is 3.06. The van der Waals surface area contributed by atoms with Crippen LogP contribution in [0.1, 0.15) is 19.4 Å². The number of quaternary nitrogens is 1. The number of rotatable bonds is 7. The van der Waals surface area contributed by atoms with Crippen LogP contribution in [0.25, 0.3) is 0 Å². The molecule has 1 atom stereocenters. The normalized spacial score (nSPS) is 11.5. The molecule has 0 heterocycles. The monoisotopic (exact) mass is 310 g/mol. The first kappa shape index (κ1) is 17.6. The van der Waals surface area contributed by atoms with E-state index in [1.54, 1.807) is 25.1 Å². The number of amides is 2. The lowest BCUT2D eigenvalue weighted by atomic mass is 10.1. The van der Waals surface area contributed by atoms with Gasteiger partial charge in [-0.1, -0.05) is 12.1 Å². The van der Waals surface area contributed by atoms with Crippen LogP contribution in [-0.4, -0.2) is 36.6 Å². The van der Waals surface area contributed by atoms with Crippen molar-refractivity contribution in [3.05, 3.63) is 39.9 Å².